The van der Waals surface area contributed by atoms with Crippen LogP contribution in [0.3, 0.4) is 0 Å². The van der Waals surface area contributed by atoms with Crippen LogP contribution < -0.4 is 0 Å². The van der Waals surface area contributed by atoms with Gasteiger partial charge in [-0.15, -0.1) is 11.3 Å². The monoisotopic (exact) mass is 304 g/mol. The molecule has 0 N–H and O–H groups in total. The highest BCUT2D eigenvalue weighted by Crippen LogP contribution is 2.25. The van der Waals surface area contributed by atoms with E-state index in [0.717, 1.165) is 3.79 Å². The van der Waals surface area contributed by atoms with Gasteiger partial charge < -0.3 is 0 Å². The van der Waals surface area contributed by atoms with Crippen molar-refractivity contribution < 1.29 is 4.79 Å². The summed E-state index contributed by atoms with van der Waals surface area (Å²) in [6.07, 6.45) is 1.47. The van der Waals surface area contributed by atoms with Crippen LogP contribution in [0.4, 0.5) is 0 Å². The Labute approximate surface area is 104 Å². The largest absolute Gasteiger partial charge is 0.287 e. The van der Waals surface area contributed by atoms with E-state index in [0.29, 0.717) is 16.3 Å². The third kappa shape index (κ3) is 2.00. The first-order chi connectivity index (χ1) is 7.09. The fourth-order valence-electron chi connectivity index (χ4n) is 1.23. The summed E-state index contributed by atoms with van der Waals surface area (Å²) in [5, 5.41) is 6.09. The second-order valence-corrected chi connectivity index (χ2v) is 5.63. The number of nitrogens with zero attached hydrogens (tertiary/aromatic N) is 2. The highest BCUT2D eigenvalue weighted by Gasteiger charge is 2.18. The van der Waals surface area contributed by atoms with Crippen LogP contribution in [-0.2, 0) is 7.05 Å². The Morgan fingerprint density at radius 3 is 2.87 bits per heavy atom. The van der Waals surface area contributed by atoms with Crippen molar-refractivity contribution in [3.05, 3.63) is 37.7 Å². The summed E-state index contributed by atoms with van der Waals surface area (Å²) in [6.45, 7) is 0. The number of aromatic nitrogens is 2. The molecule has 0 fully saturated rings. The van der Waals surface area contributed by atoms with Crippen molar-refractivity contribution >= 4 is 44.7 Å². The highest BCUT2D eigenvalue weighted by molar-refractivity contribution is 9.11. The molecule has 0 aliphatic carbocycles. The third-order valence-electron chi connectivity index (χ3n) is 1.94. The molecule has 0 aliphatic heterocycles. The Kier molecular flexibility index (Phi) is 2.95. The molecule has 2 aromatic heterocycles. The Morgan fingerprint density at radius 1 is 1.67 bits per heavy atom. The molecule has 0 bridgehead atoms. The molecule has 0 aromatic carbocycles. The molecule has 0 amide bonds. The van der Waals surface area contributed by atoms with Gasteiger partial charge in [-0.25, -0.2) is 0 Å². The molecule has 2 heterocycles. The van der Waals surface area contributed by atoms with E-state index in [1.54, 1.807) is 18.5 Å². The Hall–Kier alpha value is -0.650. The zero-order valence-corrected chi connectivity index (χ0v) is 10.9. The number of rotatable bonds is 2. The van der Waals surface area contributed by atoms with E-state index in [4.69, 9.17) is 11.6 Å². The molecule has 3 nitrogen and oxygen atoms in total. The molecular weight excluding hydrogens is 300 g/mol. The minimum Gasteiger partial charge on any atom is -0.287 e. The molecule has 0 spiro atoms. The van der Waals surface area contributed by atoms with Crippen LogP contribution in [0.1, 0.15) is 16.1 Å². The summed E-state index contributed by atoms with van der Waals surface area (Å²) in [4.78, 5) is 12.0. The van der Waals surface area contributed by atoms with Gasteiger partial charge in [0, 0.05) is 18.0 Å². The van der Waals surface area contributed by atoms with Gasteiger partial charge in [-0.05, 0) is 22.0 Å². The Balaban J connectivity index is 2.45. The molecular formula is C9H6BrClN2OS. The number of hydrogen-bond donors (Lipinski definition) is 0. The standard InChI is InChI=1S/C9H6BrClN2OS/c1-13-8(6(11)3-12-13)9(14)5-2-7(10)15-4-5/h2-4H,1H3. The first kappa shape index (κ1) is 10.9. The lowest BCUT2D eigenvalue weighted by molar-refractivity contribution is 0.103. The van der Waals surface area contributed by atoms with Crippen LogP contribution >= 0.6 is 38.9 Å². The number of carbonyl (C=O) groups is 1. The van der Waals surface area contributed by atoms with Crippen LogP contribution in [-0.4, -0.2) is 15.6 Å². The van der Waals surface area contributed by atoms with Crippen molar-refractivity contribution in [3.8, 4) is 0 Å². The van der Waals surface area contributed by atoms with Crippen molar-refractivity contribution in [3.63, 3.8) is 0 Å². The zero-order chi connectivity index (χ0) is 11.0. The molecule has 0 aliphatic rings. The van der Waals surface area contributed by atoms with Gasteiger partial charge in [-0.1, -0.05) is 11.6 Å². The molecule has 6 heteroatoms. The summed E-state index contributed by atoms with van der Waals surface area (Å²) >= 11 is 10.7. The summed E-state index contributed by atoms with van der Waals surface area (Å²) in [6, 6.07) is 1.77. The van der Waals surface area contributed by atoms with Gasteiger partial charge in [0.05, 0.1) is 15.0 Å². The topological polar surface area (TPSA) is 34.9 Å². The SMILES string of the molecule is Cn1ncc(Cl)c1C(=O)c1csc(Br)c1. The van der Waals surface area contributed by atoms with Crippen molar-refractivity contribution in [1.82, 2.24) is 9.78 Å². The molecule has 2 rings (SSSR count). The van der Waals surface area contributed by atoms with E-state index < -0.39 is 0 Å². The number of thiophene rings is 1. The first-order valence-corrected chi connectivity index (χ1v) is 6.11. The maximum Gasteiger partial charge on any atom is 0.213 e. The third-order valence-corrected chi connectivity index (χ3v) is 3.72. The van der Waals surface area contributed by atoms with E-state index >= 15 is 0 Å². The van der Waals surface area contributed by atoms with E-state index in [-0.39, 0.29) is 5.78 Å². The summed E-state index contributed by atoms with van der Waals surface area (Å²) in [7, 11) is 1.69. The van der Waals surface area contributed by atoms with Crippen LogP contribution in [0.2, 0.25) is 5.02 Å². The molecule has 0 saturated carbocycles. The minimum atomic E-state index is -0.109. The van der Waals surface area contributed by atoms with Gasteiger partial charge in [0.25, 0.3) is 0 Å². The minimum absolute atomic E-state index is 0.109. The molecule has 15 heavy (non-hydrogen) atoms. The van der Waals surface area contributed by atoms with Crippen molar-refractivity contribution in [1.29, 1.82) is 0 Å². The fraction of sp³-hybridized carbons (Fsp3) is 0.111. The quantitative estimate of drug-likeness (QED) is 0.799. The number of halogens is 2. The summed E-state index contributed by atoms with van der Waals surface area (Å²) < 4.78 is 2.40. The van der Waals surface area contributed by atoms with Gasteiger partial charge >= 0.3 is 0 Å². The van der Waals surface area contributed by atoms with Crippen LogP contribution in [0.15, 0.2) is 21.4 Å². The second-order valence-electron chi connectivity index (χ2n) is 2.93. The van der Waals surface area contributed by atoms with Crippen LogP contribution in [0, 0.1) is 0 Å². The normalized spacial score (nSPS) is 10.6. The first-order valence-electron chi connectivity index (χ1n) is 4.06. The van der Waals surface area contributed by atoms with Gasteiger partial charge in [0.15, 0.2) is 0 Å². The lowest BCUT2D eigenvalue weighted by Gasteiger charge is -1.99. The number of hydrogen-bond acceptors (Lipinski definition) is 3. The summed E-state index contributed by atoms with van der Waals surface area (Å²) in [5.74, 6) is -0.109. The second kappa shape index (κ2) is 4.08. The number of ketones is 1. The molecule has 0 radical (unpaired) electrons. The van der Waals surface area contributed by atoms with Crippen molar-refractivity contribution in [2.45, 2.75) is 0 Å². The van der Waals surface area contributed by atoms with Gasteiger partial charge in [-0.3, -0.25) is 9.48 Å². The zero-order valence-electron chi connectivity index (χ0n) is 7.70. The molecule has 78 valence electrons. The van der Waals surface area contributed by atoms with Crippen molar-refractivity contribution in [2.75, 3.05) is 0 Å². The Morgan fingerprint density at radius 2 is 2.40 bits per heavy atom. The van der Waals surface area contributed by atoms with Gasteiger partial charge in [0.1, 0.15) is 5.69 Å². The van der Waals surface area contributed by atoms with Gasteiger partial charge in [-0.2, -0.15) is 5.10 Å². The van der Waals surface area contributed by atoms with E-state index in [1.807, 2.05) is 0 Å². The maximum absolute atomic E-state index is 12.0. The van der Waals surface area contributed by atoms with E-state index in [9.17, 15) is 4.79 Å². The predicted molar refractivity (Wildman–Crippen MR) is 63.7 cm³/mol. The number of aryl methyl sites for hydroxylation is 1. The van der Waals surface area contributed by atoms with Gasteiger partial charge in [0.2, 0.25) is 5.78 Å². The summed E-state index contributed by atoms with van der Waals surface area (Å²) in [5.41, 5.74) is 1.04. The van der Waals surface area contributed by atoms with Crippen LogP contribution in [0.5, 0.6) is 0 Å². The van der Waals surface area contributed by atoms with Crippen LogP contribution in [0.25, 0.3) is 0 Å². The predicted octanol–water partition coefficient (Wildman–Crippen LogP) is 3.13. The molecule has 2 aromatic rings. The lowest BCUT2D eigenvalue weighted by atomic mass is 10.2. The molecule has 0 saturated heterocycles. The van der Waals surface area contributed by atoms with E-state index in [1.165, 1.54) is 22.2 Å². The maximum atomic E-state index is 12.0. The van der Waals surface area contributed by atoms with Crippen molar-refractivity contribution in [2.24, 2.45) is 7.05 Å². The molecule has 0 unspecified atom stereocenters. The molecule has 0 atom stereocenters. The average Bonchev–Trinajstić information content (AvgIpc) is 2.73. The average molecular weight is 306 g/mol. The smallest absolute Gasteiger partial charge is 0.213 e. The highest BCUT2D eigenvalue weighted by atomic mass is 79.9. The Bertz CT molecular complexity index is 500. The van der Waals surface area contributed by atoms with E-state index in [2.05, 4.69) is 21.0 Å². The lowest BCUT2D eigenvalue weighted by Crippen LogP contribution is -2.07. The fourth-order valence-corrected chi connectivity index (χ4v) is 2.62. The number of carbonyl (C=O) groups excluding carboxylic acids is 1.